The van der Waals surface area contributed by atoms with Crippen LogP contribution in [0.1, 0.15) is 22.3 Å². The average Bonchev–Trinajstić information content (AvgIpc) is 3.84. The molecule has 0 saturated carbocycles. The SMILES string of the molecule is c1ccc(-c2ccc(N(c3ccc(-c4ccc5c(c4)C4(c6ccccc6-c6ccccc6-c6ccccc64)c4ccccc4-5)cc3)c3ccc4oc5ccccc5c4c3)cc2)cc1. The van der Waals surface area contributed by atoms with Crippen LogP contribution in [-0.4, -0.2) is 0 Å². The van der Waals surface area contributed by atoms with E-state index in [4.69, 9.17) is 4.42 Å². The highest BCUT2D eigenvalue weighted by Crippen LogP contribution is 2.61. The van der Waals surface area contributed by atoms with Gasteiger partial charge >= 0.3 is 0 Å². The molecule has 0 unspecified atom stereocenters. The van der Waals surface area contributed by atoms with Crippen LogP contribution < -0.4 is 4.90 Å². The van der Waals surface area contributed by atoms with E-state index in [9.17, 15) is 0 Å². The number of furan rings is 1. The fourth-order valence-electron chi connectivity index (χ4n) is 10.8. The summed E-state index contributed by atoms with van der Waals surface area (Å²) in [6, 6.07) is 86.7. The first-order valence-electron chi connectivity index (χ1n) is 21.7. The molecule has 1 aromatic heterocycles. The summed E-state index contributed by atoms with van der Waals surface area (Å²) in [5, 5.41) is 2.21. The van der Waals surface area contributed by atoms with Gasteiger partial charge in [0.05, 0.1) is 5.41 Å². The summed E-state index contributed by atoms with van der Waals surface area (Å²) < 4.78 is 6.27. The predicted molar refractivity (Wildman–Crippen MR) is 261 cm³/mol. The Bertz CT molecular complexity index is 3490. The first kappa shape index (κ1) is 35.5. The zero-order valence-corrected chi connectivity index (χ0v) is 34.4. The molecule has 2 aliphatic carbocycles. The molecule has 1 heterocycles. The number of hydrogen-bond donors (Lipinski definition) is 0. The zero-order chi connectivity index (χ0) is 41.5. The normalized spacial score (nSPS) is 12.9. The van der Waals surface area contributed by atoms with Gasteiger partial charge in [0.15, 0.2) is 0 Å². The quantitative estimate of drug-likeness (QED) is 0.172. The Kier molecular flexibility index (Phi) is 7.85. The van der Waals surface area contributed by atoms with Gasteiger partial charge < -0.3 is 9.32 Å². The second-order valence-corrected chi connectivity index (χ2v) is 16.8. The Hall–Kier alpha value is -8.20. The summed E-state index contributed by atoms with van der Waals surface area (Å²) in [5.41, 5.74) is 22.2. The van der Waals surface area contributed by atoms with Crippen LogP contribution in [0.25, 0.3) is 77.6 Å². The third-order valence-electron chi connectivity index (χ3n) is 13.5. The molecule has 0 amide bonds. The lowest BCUT2D eigenvalue weighted by Crippen LogP contribution is -2.29. The van der Waals surface area contributed by atoms with Crippen molar-refractivity contribution >= 4 is 39.0 Å². The Morgan fingerprint density at radius 2 is 0.698 bits per heavy atom. The van der Waals surface area contributed by atoms with Crippen molar-refractivity contribution in [2.45, 2.75) is 5.41 Å². The van der Waals surface area contributed by atoms with Crippen molar-refractivity contribution in [1.82, 2.24) is 0 Å². The van der Waals surface area contributed by atoms with Crippen LogP contribution >= 0.6 is 0 Å². The van der Waals surface area contributed by atoms with E-state index in [1.807, 2.05) is 12.1 Å². The van der Waals surface area contributed by atoms with E-state index in [-0.39, 0.29) is 0 Å². The summed E-state index contributed by atoms with van der Waals surface area (Å²) in [7, 11) is 0. The number of para-hydroxylation sites is 1. The molecular weight excluding hydrogens is 763 g/mol. The van der Waals surface area contributed by atoms with Crippen LogP contribution in [0.3, 0.4) is 0 Å². The average molecular weight is 802 g/mol. The van der Waals surface area contributed by atoms with Crippen LogP contribution in [0.4, 0.5) is 17.1 Å². The molecule has 0 bridgehead atoms. The van der Waals surface area contributed by atoms with E-state index in [1.54, 1.807) is 0 Å². The molecule has 0 radical (unpaired) electrons. The molecule has 0 saturated heterocycles. The van der Waals surface area contributed by atoms with Crippen molar-refractivity contribution in [1.29, 1.82) is 0 Å². The van der Waals surface area contributed by atoms with Gasteiger partial charge in [-0.2, -0.15) is 0 Å². The van der Waals surface area contributed by atoms with E-state index in [0.29, 0.717) is 0 Å². The van der Waals surface area contributed by atoms with E-state index in [2.05, 4.69) is 229 Å². The fraction of sp³-hybridized carbons (Fsp3) is 0.0164. The van der Waals surface area contributed by atoms with Gasteiger partial charge in [0.2, 0.25) is 0 Å². The van der Waals surface area contributed by atoms with Crippen LogP contribution in [0.15, 0.2) is 241 Å². The molecule has 10 aromatic carbocycles. The van der Waals surface area contributed by atoms with Gasteiger partial charge in [-0.15, -0.1) is 0 Å². The van der Waals surface area contributed by atoms with Crippen molar-refractivity contribution in [3.63, 3.8) is 0 Å². The first-order valence-corrected chi connectivity index (χ1v) is 21.7. The summed E-state index contributed by atoms with van der Waals surface area (Å²) in [5.74, 6) is 0. The minimum absolute atomic E-state index is 0.521. The van der Waals surface area contributed by atoms with E-state index in [0.717, 1.165) is 39.0 Å². The fourth-order valence-corrected chi connectivity index (χ4v) is 10.8. The maximum Gasteiger partial charge on any atom is 0.135 e. The lowest BCUT2D eigenvalue weighted by molar-refractivity contribution is 0.669. The van der Waals surface area contributed by atoms with Crippen LogP contribution in [0.5, 0.6) is 0 Å². The van der Waals surface area contributed by atoms with Gasteiger partial charge in [0, 0.05) is 27.8 Å². The molecule has 0 aliphatic heterocycles. The Morgan fingerprint density at radius 3 is 1.32 bits per heavy atom. The molecule has 0 N–H and O–H groups in total. The van der Waals surface area contributed by atoms with E-state index in [1.165, 1.54) is 77.9 Å². The molecular formula is C61H39NO. The second-order valence-electron chi connectivity index (χ2n) is 16.8. The molecule has 2 heteroatoms. The molecule has 11 aromatic rings. The third-order valence-corrected chi connectivity index (χ3v) is 13.5. The summed E-state index contributed by atoms with van der Waals surface area (Å²) >= 11 is 0. The molecule has 2 aliphatic rings. The van der Waals surface area contributed by atoms with Crippen LogP contribution in [0.2, 0.25) is 0 Å². The lowest BCUT2D eigenvalue weighted by Gasteiger charge is -2.35. The summed E-state index contributed by atoms with van der Waals surface area (Å²) in [4.78, 5) is 2.35. The number of nitrogens with zero attached hydrogens (tertiary/aromatic N) is 1. The number of fused-ring (bicyclic) bond motifs is 15. The summed E-state index contributed by atoms with van der Waals surface area (Å²) in [6.07, 6.45) is 0. The first-order chi connectivity index (χ1) is 31.2. The Balaban J connectivity index is 0.969. The van der Waals surface area contributed by atoms with Crippen molar-refractivity contribution in [2.24, 2.45) is 0 Å². The second kappa shape index (κ2) is 13.9. The molecule has 0 atom stereocenters. The maximum atomic E-state index is 6.27. The number of benzene rings is 10. The van der Waals surface area contributed by atoms with Gasteiger partial charge in [-0.25, -0.2) is 0 Å². The third kappa shape index (κ3) is 5.32. The smallest absolute Gasteiger partial charge is 0.135 e. The number of anilines is 3. The van der Waals surface area contributed by atoms with Gasteiger partial charge in [-0.3, -0.25) is 0 Å². The number of hydrogen-bond acceptors (Lipinski definition) is 2. The Labute approximate surface area is 366 Å². The van der Waals surface area contributed by atoms with E-state index >= 15 is 0 Å². The molecule has 294 valence electrons. The van der Waals surface area contributed by atoms with Gasteiger partial charge in [0.25, 0.3) is 0 Å². The van der Waals surface area contributed by atoms with Crippen molar-refractivity contribution < 1.29 is 4.42 Å². The lowest BCUT2D eigenvalue weighted by atomic mass is 9.65. The van der Waals surface area contributed by atoms with Crippen LogP contribution in [-0.2, 0) is 5.41 Å². The van der Waals surface area contributed by atoms with Gasteiger partial charge in [-0.1, -0.05) is 182 Å². The molecule has 0 fully saturated rings. The minimum atomic E-state index is -0.521. The highest BCUT2D eigenvalue weighted by molar-refractivity contribution is 6.06. The van der Waals surface area contributed by atoms with Crippen molar-refractivity contribution in [3.8, 4) is 55.6 Å². The largest absolute Gasteiger partial charge is 0.456 e. The zero-order valence-electron chi connectivity index (χ0n) is 34.4. The standard InChI is InChI=1S/C61H39NO/c1-2-14-40(15-3-1)41-26-31-44(32-27-41)62(46-35-37-60-54(39-46)53-21-9-13-25-59(53)63-60)45-33-28-42(29-34-45)43-30-36-52-51-20-8-12-24-57(51)61(58(52)38-43)55-22-10-6-18-49(55)47-16-4-5-17-48(47)50-19-7-11-23-56(50)61/h1-39H. The van der Waals surface area contributed by atoms with Crippen molar-refractivity contribution in [2.75, 3.05) is 4.90 Å². The summed E-state index contributed by atoms with van der Waals surface area (Å²) in [6.45, 7) is 0. The highest BCUT2D eigenvalue weighted by Gasteiger charge is 2.49. The number of rotatable bonds is 5. The molecule has 1 spiro atoms. The highest BCUT2D eigenvalue weighted by atomic mass is 16.3. The predicted octanol–water partition coefficient (Wildman–Crippen LogP) is 16.4. The van der Waals surface area contributed by atoms with Gasteiger partial charge in [-0.05, 0) is 132 Å². The van der Waals surface area contributed by atoms with E-state index < -0.39 is 5.41 Å². The minimum Gasteiger partial charge on any atom is -0.456 e. The maximum absolute atomic E-state index is 6.27. The monoisotopic (exact) mass is 801 g/mol. The van der Waals surface area contributed by atoms with Gasteiger partial charge in [0.1, 0.15) is 11.2 Å². The Morgan fingerprint density at radius 1 is 0.270 bits per heavy atom. The molecule has 13 rings (SSSR count). The molecule has 63 heavy (non-hydrogen) atoms. The topological polar surface area (TPSA) is 16.4 Å². The molecule has 2 nitrogen and oxygen atoms in total. The van der Waals surface area contributed by atoms with Crippen LogP contribution in [0, 0.1) is 0 Å². The van der Waals surface area contributed by atoms with Crippen molar-refractivity contribution in [3.05, 3.63) is 259 Å².